The van der Waals surface area contributed by atoms with Gasteiger partial charge >= 0.3 is 0 Å². The lowest BCUT2D eigenvalue weighted by Crippen LogP contribution is -2.30. The maximum atomic E-state index is 5.99. The van der Waals surface area contributed by atoms with E-state index in [4.69, 9.17) is 11.6 Å². The quantitative estimate of drug-likeness (QED) is 0.898. The van der Waals surface area contributed by atoms with Gasteiger partial charge < -0.3 is 10.2 Å². The van der Waals surface area contributed by atoms with E-state index in [2.05, 4.69) is 30.3 Å². The lowest BCUT2D eigenvalue weighted by atomic mass is 9.94. The van der Waals surface area contributed by atoms with E-state index < -0.39 is 0 Å². The van der Waals surface area contributed by atoms with Crippen molar-refractivity contribution in [2.45, 2.75) is 26.2 Å². The molecule has 18 heavy (non-hydrogen) atoms. The number of piperidine rings is 1. The summed E-state index contributed by atoms with van der Waals surface area (Å²) >= 11 is 5.99. The summed E-state index contributed by atoms with van der Waals surface area (Å²) in [5, 5.41) is 4.24. The Hall–Kier alpha value is -0.730. The zero-order valence-corrected chi connectivity index (χ0v) is 12.1. The van der Waals surface area contributed by atoms with E-state index >= 15 is 0 Å². The maximum absolute atomic E-state index is 5.99. The zero-order chi connectivity index (χ0) is 13.0. The molecule has 0 aromatic heterocycles. The Morgan fingerprint density at radius 3 is 2.72 bits per heavy atom. The smallest absolute Gasteiger partial charge is 0.0410 e. The minimum atomic E-state index is 0.822. The van der Waals surface area contributed by atoms with Gasteiger partial charge in [-0.05, 0) is 69.0 Å². The van der Waals surface area contributed by atoms with Gasteiger partial charge in [0.1, 0.15) is 0 Å². The molecule has 0 spiro atoms. The topological polar surface area (TPSA) is 15.3 Å². The molecule has 1 aromatic carbocycles. The molecule has 0 atom stereocenters. The maximum Gasteiger partial charge on any atom is 0.0410 e. The summed E-state index contributed by atoms with van der Waals surface area (Å²) in [6.07, 6.45) is 3.95. The first-order chi connectivity index (χ1) is 8.66. The van der Waals surface area contributed by atoms with Crippen molar-refractivity contribution >= 4 is 17.3 Å². The molecule has 2 rings (SSSR count). The van der Waals surface area contributed by atoms with Gasteiger partial charge in [-0.15, -0.1) is 0 Å². The molecule has 0 unspecified atom stereocenters. The number of anilines is 1. The predicted octanol–water partition coefficient (Wildman–Crippen LogP) is 3.47. The zero-order valence-electron chi connectivity index (χ0n) is 11.4. The van der Waals surface area contributed by atoms with Crippen molar-refractivity contribution in [1.29, 1.82) is 0 Å². The Kier molecular flexibility index (Phi) is 4.90. The highest BCUT2D eigenvalue weighted by atomic mass is 35.5. The molecule has 0 bridgehead atoms. The Morgan fingerprint density at radius 1 is 1.33 bits per heavy atom. The van der Waals surface area contributed by atoms with Crippen molar-refractivity contribution in [3.05, 3.63) is 28.8 Å². The highest BCUT2D eigenvalue weighted by molar-refractivity contribution is 6.30. The lowest BCUT2D eigenvalue weighted by Gasteiger charge is -2.27. The fourth-order valence-electron chi connectivity index (χ4n) is 2.71. The average molecular weight is 267 g/mol. The number of hydrogen-bond donors (Lipinski definition) is 1. The van der Waals surface area contributed by atoms with Gasteiger partial charge in [-0.25, -0.2) is 0 Å². The van der Waals surface area contributed by atoms with Gasteiger partial charge in [0.2, 0.25) is 0 Å². The van der Waals surface area contributed by atoms with Crippen LogP contribution in [0, 0.1) is 12.8 Å². The van der Waals surface area contributed by atoms with Gasteiger partial charge in [0.15, 0.2) is 0 Å². The van der Waals surface area contributed by atoms with Crippen molar-refractivity contribution in [1.82, 2.24) is 5.32 Å². The van der Waals surface area contributed by atoms with Crippen LogP contribution < -0.4 is 10.2 Å². The largest absolute Gasteiger partial charge is 0.374 e. The van der Waals surface area contributed by atoms with Crippen molar-refractivity contribution in [3.63, 3.8) is 0 Å². The molecule has 0 saturated carbocycles. The van der Waals surface area contributed by atoms with Crippen LogP contribution in [0.25, 0.3) is 0 Å². The minimum absolute atomic E-state index is 0.822. The molecule has 1 fully saturated rings. The van der Waals surface area contributed by atoms with Gasteiger partial charge in [0.05, 0.1) is 0 Å². The van der Waals surface area contributed by atoms with Gasteiger partial charge in [0.25, 0.3) is 0 Å². The number of hydrogen-bond acceptors (Lipinski definition) is 2. The molecule has 1 heterocycles. The predicted molar refractivity (Wildman–Crippen MR) is 79.7 cm³/mol. The van der Waals surface area contributed by atoms with Crippen LogP contribution in [0.2, 0.25) is 5.02 Å². The highest BCUT2D eigenvalue weighted by Gasteiger charge is 2.14. The molecule has 1 aliphatic rings. The van der Waals surface area contributed by atoms with Crippen LogP contribution in [0.3, 0.4) is 0 Å². The Labute approximate surface area is 115 Å². The molecule has 0 amide bonds. The summed E-state index contributed by atoms with van der Waals surface area (Å²) in [5.74, 6) is 0.890. The first kappa shape index (κ1) is 13.7. The monoisotopic (exact) mass is 266 g/mol. The molecule has 3 heteroatoms. The second kappa shape index (κ2) is 6.44. The van der Waals surface area contributed by atoms with E-state index in [1.165, 1.54) is 43.6 Å². The fraction of sp³-hybridized carbons (Fsp3) is 0.600. The van der Waals surface area contributed by atoms with Gasteiger partial charge in [-0.1, -0.05) is 11.6 Å². The second-order valence-electron chi connectivity index (χ2n) is 5.33. The minimum Gasteiger partial charge on any atom is -0.374 e. The third-order valence-corrected chi connectivity index (χ3v) is 4.14. The number of aryl methyl sites for hydroxylation is 1. The van der Waals surface area contributed by atoms with Gasteiger partial charge in [-0.3, -0.25) is 0 Å². The number of nitrogens with one attached hydrogen (secondary N) is 1. The molecule has 0 radical (unpaired) electrons. The number of benzene rings is 1. The molecule has 1 saturated heterocycles. The van der Waals surface area contributed by atoms with E-state index in [-0.39, 0.29) is 0 Å². The molecule has 1 aliphatic heterocycles. The van der Waals surface area contributed by atoms with Crippen molar-refractivity contribution in [2.75, 3.05) is 31.6 Å². The molecule has 0 aliphatic carbocycles. The number of rotatable bonds is 4. The second-order valence-corrected chi connectivity index (χ2v) is 5.77. The van der Waals surface area contributed by atoms with Crippen molar-refractivity contribution in [2.24, 2.45) is 5.92 Å². The molecular formula is C15H23ClN2. The molecule has 100 valence electrons. The SMILES string of the molecule is Cc1cc(Cl)ccc1N(C)CCC1CCNCC1. The first-order valence-corrected chi connectivity index (χ1v) is 7.22. The highest BCUT2D eigenvalue weighted by Crippen LogP contribution is 2.24. The first-order valence-electron chi connectivity index (χ1n) is 6.85. The summed E-state index contributed by atoms with van der Waals surface area (Å²) in [7, 11) is 2.18. The Balaban J connectivity index is 1.88. The molecule has 1 N–H and O–H groups in total. The van der Waals surface area contributed by atoms with E-state index in [1.54, 1.807) is 0 Å². The average Bonchev–Trinajstić information content (AvgIpc) is 2.37. The van der Waals surface area contributed by atoms with Crippen LogP contribution in [0.1, 0.15) is 24.8 Å². The Bertz CT molecular complexity index is 386. The van der Waals surface area contributed by atoms with Crippen LogP contribution in [0.15, 0.2) is 18.2 Å². The third kappa shape index (κ3) is 3.63. The van der Waals surface area contributed by atoms with Crippen LogP contribution in [0.5, 0.6) is 0 Å². The summed E-state index contributed by atoms with van der Waals surface area (Å²) in [6, 6.07) is 6.14. The Morgan fingerprint density at radius 2 is 2.06 bits per heavy atom. The molecular weight excluding hydrogens is 244 g/mol. The summed E-state index contributed by atoms with van der Waals surface area (Å²) in [6.45, 7) is 5.64. The standard InChI is InChI=1S/C15H23ClN2/c1-12-11-14(16)3-4-15(12)18(2)10-7-13-5-8-17-9-6-13/h3-4,11,13,17H,5-10H2,1-2H3. The van der Waals surface area contributed by atoms with Crippen LogP contribution >= 0.6 is 11.6 Å². The van der Waals surface area contributed by atoms with E-state index in [1.807, 2.05) is 12.1 Å². The fourth-order valence-corrected chi connectivity index (χ4v) is 2.94. The van der Waals surface area contributed by atoms with E-state index in [9.17, 15) is 0 Å². The van der Waals surface area contributed by atoms with Crippen LogP contribution in [-0.4, -0.2) is 26.7 Å². The van der Waals surface area contributed by atoms with Gasteiger partial charge in [-0.2, -0.15) is 0 Å². The summed E-state index contributed by atoms with van der Waals surface area (Å²) in [5.41, 5.74) is 2.56. The van der Waals surface area contributed by atoms with Crippen molar-refractivity contribution < 1.29 is 0 Å². The van der Waals surface area contributed by atoms with Crippen LogP contribution in [0.4, 0.5) is 5.69 Å². The van der Waals surface area contributed by atoms with Gasteiger partial charge in [0, 0.05) is 24.3 Å². The normalized spacial score (nSPS) is 16.8. The third-order valence-electron chi connectivity index (χ3n) is 3.90. The van der Waals surface area contributed by atoms with E-state index in [0.29, 0.717) is 0 Å². The summed E-state index contributed by atoms with van der Waals surface area (Å²) in [4.78, 5) is 2.35. The molecule has 2 nitrogen and oxygen atoms in total. The van der Waals surface area contributed by atoms with E-state index in [0.717, 1.165) is 17.5 Å². The van der Waals surface area contributed by atoms with Crippen LogP contribution in [-0.2, 0) is 0 Å². The lowest BCUT2D eigenvalue weighted by molar-refractivity contribution is 0.356. The number of nitrogens with zero attached hydrogens (tertiary/aromatic N) is 1. The number of halogens is 1. The molecule has 1 aromatic rings. The van der Waals surface area contributed by atoms with Crippen molar-refractivity contribution in [3.8, 4) is 0 Å². The summed E-state index contributed by atoms with van der Waals surface area (Å²) < 4.78 is 0.